The number of hydrogen-bond acceptors (Lipinski definition) is 10. The van der Waals surface area contributed by atoms with Crippen LogP contribution in [0.3, 0.4) is 0 Å². The molecule has 11 nitrogen and oxygen atoms in total. The molecular formula is C33H32F2N6O5S. The van der Waals surface area contributed by atoms with Crippen molar-refractivity contribution in [3.8, 4) is 28.7 Å². The van der Waals surface area contributed by atoms with Gasteiger partial charge in [0, 0.05) is 35.8 Å². The lowest BCUT2D eigenvalue weighted by atomic mass is 9.98. The molecular weight excluding hydrogens is 630 g/mol. The number of alkyl halides is 2. The number of aliphatic imine (C=N–C) groups is 1. The number of methoxy groups -OCH3 is 1. The molecule has 0 spiro atoms. The van der Waals surface area contributed by atoms with Crippen LogP contribution in [0, 0.1) is 17.8 Å². The molecule has 2 aliphatic rings. The van der Waals surface area contributed by atoms with Gasteiger partial charge in [-0.05, 0) is 87.8 Å². The van der Waals surface area contributed by atoms with Crippen LogP contribution in [0.4, 0.5) is 25.1 Å². The SMILES string of the molecule is C=Nc1ncc(C#CC2CC2)nc1SC(=O)c1ccc(N2CCN(C(=O)OC(C)(C)C)CC2=O)cc1-c1cc(C(F)F)ncc1OC. The van der Waals surface area contributed by atoms with Gasteiger partial charge in [0.05, 0.1) is 19.5 Å². The van der Waals surface area contributed by atoms with Crippen molar-refractivity contribution in [3.63, 3.8) is 0 Å². The molecule has 2 aromatic heterocycles. The molecule has 2 amide bonds. The van der Waals surface area contributed by atoms with E-state index >= 15 is 0 Å². The number of piperazine rings is 1. The zero-order chi connectivity index (χ0) is 33.9. The van der Waals surface area contributed by atoms with Gasteiger partial charge in [0.2, 0.25) is 11.0 Å². The summed E-state index contributed by atoms with van der Waals surface area (Å²) in [6.45, 7) is 8.83. The van der Waals surface area contributed by atoms with Crippen molar-refractivity contribution in [3.05, 3.63) is 53.6 Å². The number of carbonyl (C=O) groups excluding carboxylic acids is 3. The molecule has 1 aliphatic heterocycles. The Balaban J connectivity index is 1.52. The zero-order valence-electron chi connectivity index (χ0n) is 26.3. The zero-order valence-corrected chi connectivity index (χ0v) is 27.1. The maximum absolute atomic E-state index is 13.9. The van der Waals surface area contributed by atoms with E-state index in [1.807, 2.05) is 0 Å². The third-order valence-corrected chi connectivity index (χ3v) is 7.95. The quantitative estimate of drug-likeness (QED) is 0.168. The molecule has 2 fully saturated rings. The molecule has 1 saturated heterocycles. The van der Waals surface area contributed by atoms with E-state index in [4.69, 9.17) is 9.47 Å². The molecule has 47 heavy (non-hydrogen) atoms. The van der Waals surface area contributed by atoms with Crippen molar-refractivity contribution in [2.45, 2.75) is 50.7 Å². The number of amides is 2. The van der Waals surface area contributed by atoms with E-state index in [1.54, 1.807) is 32.9 Å². The van der Waals surface area contributed by atoms with Crippen LogP contribution < -0.4 is 9.64 Å². The Hall–Kier alpha value is -4.90. The van der Waals surface area contributed by atoms with Crippen LogP contribution in [-0.2, 0) is 9.53 Å². The summed E-state index contributed by atoms with van der Waals surface area (Å²) in [4.78, 5) is 59.0. The second kappa shape index (κ2) is 13.8. The molecule has 1 saturated carbocycles. The van der Waals surface area contributed by atoms with Crippen LogP contribution in [0.25, 0.3) is 11.1 Å². The lowest BCUT2D eigenvalue weighted by Gasteiger charge is -2.35. The Morgan fingerprint density at radius 2 is 1.89 bits per heavy atom. The Morgan fingerprint density at radius 1 is 1.13 bits per heavy atom. The summed E-state index contributed by atoms with van der Waals surface area (Å²) in [5, 5.41) is -0.331. The normalized spacial score (nSPS) is 14.8. The smallest absolute Gasteiger partial charge is 0.410 e. The summed E-state index contributed by atoms with van der Waals surface area (Å²) in [6.07, 6.45) is 1.17. The number of aromatic nitrogens is 3. The number of carbonyl (C=O) groups is 3. The summed E-state index contributed by atoms with van der Waals surface area (Å²) in [7, 11) is 1.36. The maximum atomic E-state index is 13.9. The second-order valence-corrected chi connectivity index (χ2v) is 12.7. The predicted molar refractivity (Wildman–Crippen MR) is 172 cm³/mol. The fourth-order valence-electron chi connectivity index (χ4n) is 4.63. The lowest BCUT2D eigenvalue weighted by Crippen LogP contribution is -2.53. The number of nitrogens with zero attached hydrogens (tertiary/aromatic N) is 6. The van der Waals surface area contributed by atoms with Crippen LogP contribution >= 0.6 is 11.8 Å². The molecule has 3 aromatic rings. The molecule has 0 N–H and O–H groups in total. The predicted octanol–water partition coefficient (Wildman–Crippen LogP) is 6.09. The van der Waals surface area contributed by atoms with Crippen molar-refractivity contribution in [1.82, 2.24) is 19.9 Å². The summed E-state index contributed by atoms with van der Waals surface area (Å²) in [5.41, 5.74) is 0.0110. The largest absolute Gasteiger partial charge is 0.494 e. The van der Waals surface area contributed by atoms with Crippen LogP contribution in [0.15, 0.2) is 46.7 Å². The van der Waals surface area contributed by atoms with E-state index in [0.29, 0.717) is 17.3 Å². The van der Waals surface area contributed by atoms with E-state index in [9.17, 15) is 23.2 Å². The number of thioether (sulfide) groups is 1. The van der Waals surface area contributed by atoms with Crippen LogP contribution in [0.5, 0.6) is 5.75 Å². The van der Waals surface area contributed by atoms with Crippen molar-refractivity contribution in [1.29, 1.82) is 0 Å². The summed E-state index contributed by atoms with van der Waals surface area (Å²) in [6, 6.07) is 5.78. The Morgan fingerprint density at radius 3 is 2.53 bits per heavy atom. The second-order valence-electron chi connectivity index (χ2n) is 11.8. The van der Waals surface area contributed by atoms with E-state index in [2.05, 4.69) is 38.5 Å². The monoisotopic (exact) mass is 662 g/mol. The highest BCUT2D eigenvalue weighted by Crippen LogP contribution is 2.40. The van der Waals surface area contributed by atoms with Crippen molar-refractivity contribution in [2.75, 3.05) is 31.6 Å². The first-order chi connectivity index (χ1) is 22.4. The third kappa shape index (κ3) is 8.10. The first-order valence-corrected chi connectivity index (χ1v) is 15.5. The molecule has 1 aliphatic carbocycles. The van der Waals surface area contributed by atoms with Crippen molar-refractivity contribution >= 4 is 47.1 Å². The molecule has 0 radical (unpaired) electrons. The maximum Gasteiger partial charge on any atom is 0.410 e. The minimum absolute atomic E-state index is 0.120. The van der Waals surface area contributed by atoms with Gasteiger partial charge in [0.1, 0.15) is 29.3 Å². The van der Waals surface area contributed by atoms with Gasteiger partial charge in [-0.25, -0.2) is 28.5 Å². The number of halogens is 2. The van der Waals surface area contributed by atoms with Crippen molar-refractivity contribution in [2.24, 2.45) is 10.9 Å². The fourth-order valence-corrected chi connectivity index (χ4v) is 5.45. The number of benzene rings is 1. The van der Waals surface area contributed by atoms with Gasteiger partial charge in [-0.1, -0.05) is 5.92 Å². The standard InChI is InChI=1S/C33H32F2N6O5S/c1-33(2,3)46-32(44)40-12-13-41(27(42)18-40)21-10-11-22(23(14-21)24-15-25(28(34)35)37-17-26(24)45-5)31(43)47-30-29(36-4)38-16-20(39-30)9-8-19-6-7-19/h10-11,14-17,19,28H,4,6-7,12-13,18H2,1-3,5H3. The van der Waals surface area contributed by atoms with Gasteiger partial charge in [0.15, 0.2) is 10.8 Å². The summed E-state index contributed by atoms with van der Waals surface area (Å²) in [5.74, 6) is 6.29. The molecule has 0 atom stereocenters. The van der Waals surface area contributed by atoms with Gasteiger partial charge in [0.25, 0.3) is 6.43 Å². The summed E-state index contributed by atoms with van der Waals surface area (Å²) < 4.78 is 38.5. The minimum Gasteiger partial charge on any atom is -0.494 e. The van der Waals surface area contributed by atoms with Gasteiger partial charge >= 0.3 is 6.09 Å². The minimum atomic E-state index is -2.89. The molecule has 14 heteroatoms. The molecule has 0 bridgehead atoms. The number of ether oxygens (including phenoxy) is 2. The molecule has 244 valence electrons. The number of rotatable bonds is 7. The van der Waals surface area contributed by atoms with E-state index < -0.39 is 34.8 Å². The number of pyridine rings is 1. The van der Waals surface area contributed by atoms with E-state index in [1.165, 1.54) is 29.2 Å². The molecule has 0 unspecified atom stereocenters. The van der Waals surface area contributed by atoms with E-state index in [-0.39, 0.29) is 52.9 Å². The summed E-state index contributed by atoms with van der Waals surface area (Å²) >= 11 is 0.737. The lowest BCUT2D eigenvalue weighted by molar-refractivity contribution is -0.121. The average Bonchev–Trinajstić information content (AvgIpc) is 3.87. The first-order valence-electron chi connectivity index (χ1n) is 14.7. The van der Waals surface area contributed by atoms with Crippen LogP contribution in [0.1, 0.15) is 61.8 Å². The van der Waals surface area contributed by atoms with Crippen molar-refractivity contribution < 1.29 is 32.6 Å². The Labute approximate surface area is 274 Å². The topological polar surface area (TPSA) is 127 Å². The molecule has 1 aromatic carbocycles. The number of hydrogen-bond donors (Lipinski definition) is 0. The average molecular weight is 663 g/mol. The Bertz CT molecular complexity index is 1800. The van der Waals surface area contributed by atoms with E-state index in [0.717, 1.165) is 36.9 Å². The van der Waals surface area contributed by atoms with Crippen LogP contribution in [-0.4, -0.2) is 76.0 Å². The Kier molecular flexibility index (Phi) is 9.85. The van der Waals surface area contributed by atoms with Gasteiger partial charge in [-0.15, -0.1) is 0 Å². The fraction of sp³-hybridized carbons (Fsp3) is 0.364. The van der Waals surface area contributed by atoms with Gasteiger partial charge in [-0.3, -0.25) is 19.5 Å². The molecule has 3 heterocycles. The van der Waals surface area contributed by atoms with Gasteiger partial charge < -0.3 is 14.4 Å². The molecule has 5 rings (SSSR count). The number of anilines is 1. The highest BCUT2D eigenvalue weighted by molar-refractivity contribution is 8.14. The highest BCUT2D eigenvalue weighted by Gasteiger charge is 2.32. The first kappa shape index (κ1) is 33.5. The highest BCUT2D eigenvalue weighted by atomic mass is 32.2. The van der Waals surface area contributed by atoms with Crippen LogP contribution in [0.2, 0.25) is 0 Å². The van der Waals surface area contributed by atoms with Gasteiger partial charge in [-0.2, -0.15) is 0 Å². The third-order valence-electron chi connectivity index (χ3n) is 7.07.